The molecule has 0 radical (unpaired) electrons. The van der Waals surface area contributed by atoms with Gasteiger partial charge in [-0.05, 0) is 42.5 Å². The van der Waals surface area contributed by atoms with E-state index in [4.69, 9.17) is 0 Å². The molecule has 0 N–H and O–H groups in total. The smallest absolute Gasteiger partial charge is 0.209 e. The van der Waals surface area contributed by atoms with Gasteiger partial charge in [0, 0.05) is 24.7 Å². The largest absolute Gasteiger partial charge is 0.287 e. The summed E-state index contributed by atoms with van der Waals surface area (Å²) >= 11 is 0. The van der Waals surface area contributed by atoms with E-state index >= 15 is 0 Å². The van der Waals surface area contributed by atoms with Crippen molar-refractivity contribution in [2.24, 2.45) is 0 Å². The Balaban J connectivity index is 1.64. The number of hydrogen-bond donors (Lipinski definition) is 0. The molecule has 5 aromatic rings. The van der Waals surface area contributed by atoms with E-state index in [1.54, 1.807) is 52.2 Å². The van der Waals surface area contributed by atoms with Crippen LogP contribution in [0.2, 0.25) is 0 Å². The third kappa shape index (κ3) is 3.10. The van der Waals surface area contributed by atoms with Gasteiger partial charge in [0.1, 0.15) is 11.5 Å². The summed E-state index contributed by atoms with van der Waals surface area (Å²) in [6.45, 7) is 0. The Bertz CT molecular complexity index is 1370. The summed E-state index contributed by atoms with van der Waals surface area (Å²) < 4.78 is 19.2. The molecule has 30 heavy (non-hydrogen) atoms. The molecule has 3 heterocycles. The number of aromatic nitrogens is 6. The molecule has 0 saturated heterocycles. The van der Waals surface area contributed by atoms with Gasteiger partial charge in [0.05, 0.1) is 23.3 Å². The molecule has 0 aliphatic carbocycles. The molecule has 0 aliphatic rings. The van der Waals surface area contributed by atoms with Crippen molar-refractivity contribution in [1.82, 2.24) is 29.3 Å². The lowest BCUT2D eigenvalue weighted by Gasteiger charge is -2.11. The van der Waals surface area contributed by atoms with Crippen molar-refractivity contribution in [3.8, 4) is 28.5 Å². The summed E-state index contributed by atoms with van der Waals surface area (Å²) in [7, 11) is 0. The van der Waals surface area contributed by atoms with Gasteiger partial charge in [-0.3, -0.25) is 4.79 Å². The van der Waals surface area contributed by atoms with Gasteiger partial charge in [0.25, 0.3) is 0 Å². The highest BCUT2D eigenvalue weighted by Crippen LogP contribution is 2.20. The second-order valence-corrected chi connectivity index (χ2v) is 6.52. The Morgan fingerprint density at radius 3 is 2.43 bits per heavy atom. The molecule has 0 unspecified atom stereocenters. The maximum atomic E-state index is 14.6. The molecule has 7 nitrogen and oxygen atoms in total. The van der Waals surface area contributed by atoms with E-state index in [-0.39, 0.29) is 16.8 Å². The predicted molar refractivity (Wildman–Crippen MR) is 109 cm³/mol. The van der Waals surface area contributed by atoms with Crippen LogP contribution in [0.5, 0.6) is 0 Å². The lowest BCUT2D eigenvalue weighted by Crippen LogP contribution is -2.15. The third-order valence-electron chi connectivity index (χ3n) is 4.64. The number of halogens is 1. The van der Waals surface area contributed by atoms with E-state index in [1.165, 1.54) is 23.0 Å². The molecule has 0 bridgehead atoms. The van der Waals surface area contributed by atoms with Crippen molar-refractivity contribution in [1.29, 1.82) is 0 Å². The minimum atomic E-state index is -0.468. The Labute approximate surface area is 170 Å². The van der Waals surface area contributed by atoms with Crippen LogP contribution in [0.1, 0.15) is 0 Å². The average Bonchev–Trinajstić information content (AvgIpc) is 3.48. The molecule has 0 amide bonds. The minimum Gasteiger partial charge on any atom is -0.287 e. The summed E-state index contributed by atoms with van der Waals surface area (Å²) in [5, 5.41) is 12.9. The van der Waals surface area contributed by atoms with E-state index in [0.717, 1.165) is 5.69 Å². The van der Waals surface area contributed by atoms with Crippen LogP contribution >= 0.6 is 0 Å². The van der Waals surface area contributed by atoms with Crippen molar-refractivity contribution < 1.29 is 4.39 Å². The summed E-state index contributed by atoms with van der Waals surface area (Å²) in [4.78, 5) is 12.6. The lowest BCUT2D eigenvalue weighted by atomic mass is 10.2. The number of rotatable bonds is 4. The molecule has 0 saturated carbocycles. The van der Waals surface area contributed by atoms with Gasteiger partial charge in [0.2, 0.25) is 5.43 Å². The van der Waals surface area contributed by atoms with Gasteiger partial charge in [-0.2, -0.15) is 15.3 Å². The summed E-state index contributed by atoms with van der Waals surface area (Å²) in [5.41, 5.74) is 2.07. The molecule has 0 fully saturated rings. The average molecular weight is 398 g/mol. The van der Waals surface area contributed by atoms with Gasteiger partial charge >= 0.3 is 0 Å². The third-order valence-corrected chi connectivity index (χ3v) is 4.64. The van der Waals surface area contributed by atoms with Gasteiger partial charge in [-0.15, -0.1) is 0 Å². The zero-order valence-corrected chi connectivity index (χ0v) is 15.6. The number of nitrogens with zero attached hydrogens (tertiary/aromatic N) is 6. The molecule has 2 aromatic carbocycles. The maximum absolute atomic E-state index is 14.6. The van der Waals surface area contributed by atoms with Crippen LogP contribution in [0, 0.1) is 5.82 Å². The van der Waals surface area contributed by atoms with E-state index in [9.17, 15) is 9.18 Å². The number of benzene rings is 2. The van der Waals surface area contributed by atoms with Crippen molar-refractivity contribution in [3.63, 3.8) is 0 Å². The Kier molecular flexibility index (Phi) is 4.29. The molecular weight excluding hydrogens is 383 g/mol. The first kappa shape index (κ1) is 17.7. The first-order valence-electron chi connectivity index (χ1n) is 9.20. The van der Waals surface area contributed by atoms with Gasteiger partial charge in [-0.1, -0.05) is 18.2 Å². The van der Waals surface area contributed by atoms with Crippen molar-refractivity contribution in [2.75, 3.05) is 0 Å². The predicted octanol–water partition coefficient (Wildman–Crippen LogP) is 3.41. The highest BCUT2D eigenvalue weighted by Gasteiger charge is 2.15. The monoisotopic (exact) mass is 398 g/mol. The molecule has 8 heteroatoms. The topological polar surface area (TPSA) is 70.5 Å². The van der Waals surface area contributed by atoms with Crippen molar-refractivity contribution >= 4 is 0 Å². The minimum absolute atomic E-state index is 0.169. The van der Waals surface area contributed by atoms with E-state index in [1.807, 2.05) is 30.3 Å². The molecular formula is C22H15FN6O. The zero-order chi connectivity index (χ0) is 20.5. The molecule has 5 rings (SSSR count). The van der Waals surface area contributed by atoms with Gasteiger partial charge < -0.3 is 0 Å². The van der Waals surface area contributed by atoms with Crippen LogP contribution in [-0.2, 0) is 0 Å². The molecule has 0 atom stereocenters. The fraction of sp³-hybridized carbons (Fsp3) is 0. The van der Waals surface area contributed by atoms with E-state index < -0.39 is 5.82 Å². The highest BCUT2D eigenvalue weighted by molar-refractivity contribution is 5.57. The van der Waals surface area contributed by atoms with E-state index in [0.29, 0.717) is 11.4 Å². The normalized spacial score (nSPS) is 11.0. The Morgan fingerprint density at radius 1 is 0.767 bits per heavy atom. The molecule has 0 aliphatic heterocycles. The second-order valence-electron chi connectivity index (χ2n) is 6.52. The fourth-order valence-electron chi connectivity index (χ4n) is 3.22. The van der Waals surface area contributed by atoms with Crippen LogP contribution in [0.25, 0.3) is 28.5 Å². The Morgan fingerprint density at radius 2 is 1.63 bits per heavy atom. The maximum Gasteiger partial charge on any atom is 0.209 e. The van der Waals surface area contributed by atoms with Gasteiger partial charge in [-0.25, -0.2) is 18.4 Å². The van der Waals surface area contributed by atoms with Gasteiger partial charge in [0.15, 0.2) is 5.69 Å². The van der Waals surface area contributed by atoms with Crippen LogP contribution < -0.4 is 5.43 Å². The highest BCUT2D eigenvalue weighted by atomic mass is 19.1. The SMILES string of the molecule is O=c1ccn(-c2cc(-n3cccn3)ccc2F)nc1-c1ccnn1-c1ccccc1. The summed E-state index contributed by atoms with van der Waals surface area (Å²) in [6.07, 6.45) is 6.45. The number of hydrogen-bond acceptors (Lipinski definition) is 4. The molecule has 3 aromatic heterocycles. The number of para-hydroxylation sites is 1. The molecule has 0 spiro atoms. The first-order valence-corrected chi connectivity index (χ1v) is 9.20. The zero-order valence-electron chi connectivity index (χ0n) is 15.6. The van der Waals surface area contributed by atoms with Crippen LogP contribution in [0.3, 0.4) is 0 Å². The first-order chi connectivity index (χ1) is 14.7. The van der Waals surface area contributed by atoms with Crippen molar-refractivity contribution in [3.05, 3.63) is 108 Å². The van der Waals surface area contributed by atoms with Crippen LogP contribution in [0.4, 0.5) is 4.39 Å². The summed E-state index contributed by atoms with van der Waals surface area (Å²) in [6, 6.07) is 18.9. The van der Waals surface area contributed by atoms with E-state index in [2.05, 4.69) is 15.3 Å². The standard InChI is InChI=1S/C22H15FN6O/c23-18-8-7-17(27-13-4-11-24-27)15-20(18)28-14-10-21(30)22(26-28)19-9-12-25-29(19)16-5-2-1-3-6-16/h1-15H. The summed E-state index contributed by atoms with van der Waals surface area (Å²) in [5.74, 6) is -0.468. The quantitative estimate of drug-likeness (QED) is 0.465. The second kappa shape index (κ2) is 7.25. The van der Waals surface area contributed by atoms with Crippen molar-refractivity contribution in [2.45, 2.75) is 0 Å². The Hall–Kier alpha value is -4.33. The fourth-order valence-corrected chi connectivity index (χ4v) is 3.22. The van der Waals surface area contributed by atoms with Crippen LogP contribution in [0.15, 0.2) is 96.3 Å². The molecule has 146 valence electrons. The van der Waals surface area contributed by atoms with Crippen LogP contribution in [-0.4, -0.2) is 29.3 Å². The lowest BCUT2D eigenvalue weighted by molar-refractivity contribution is 0.607.